The van der Waals surface area contributed by atoms with E-state index in [-0.39, 0.29) is 0 Å². The first kappa shape index (κ1) is 6.10. The van der Waals surface area contributed by atoms with Gasteiger partial charge in [0.2, 0.25) is 0 Å². The highest BCUT2D eigenvalue weighted by molar-refractivity contribution is 7.10. The summed E-state index contributed by atoms with van der Waals surface area (Å²) in [6.07, 6.45) is 3.52. The maximum absolute atomic E-state index is 10.4. The summed E-state index contributed by atoms with van der Waals surface area (Å²) in [7, 11) is 0. The van der Waals surface area contributed by atoms with Gasteiger partial charge >= 0.3 is 0 Å². The molecule has 0 spiro atoms. The largest absolute Gasteiger partial charge is 0.298 e. The molecule has 0 atom stereocenters. The molecule has 0 aliphatic heterocycles. The molecule has 1 aromatic rings. The smallest absolute Gasteiger partial charge is 0.151 e. The highest BCUT2D eigenvalue weighted by atomic mass is 32.1. The van der Waals surface area contributed by atoms with Gasteiger partial charge in [-0.1, -0.05) is 0 Å². The SMILES string of the molecule is O=Cc1ccsc1C1CC1. The molecule has 0 radical (unpaired) electrons. The van der Waals surface area contributed by atoms with Crippen molar-refractivity contribution in [2.45, 2.75) is 18.8 Å². The van der Waals surface area contributed by atoms with Gasteiger partial charge in [-0.3, -0.25) is 4.79 Å². The number of aldehydes is 1. The van der Waals surface area contributed by atoms with E-state index in [1.54, 1.807) is 11.3 Å². The van der Waals surface area contributed by atoms with Crippen LogP contribution in [0.3, 0.4) is 0 Å². The van der Waals surface area contributed by atoms with Crippen molar-refractivity contribution >= 4 is 17.6 Å². The second-order valence-electron chi connectivity index (χ2n) is 2.63. The summed E-state index contributed by atoms with van der Waals surface area (Å²) in [6.45, 7) is 0. The maximum atomic E-state index is 10.4. The summed E-state index contributed by atoms with van der Waals surface area (Å²) in [5.41, 5.74) is 0.910. The van der Waals surface area contributed by atoms with Gasteiger partial charge in [-0.15, -0.1) is 11.3 Å². The van der Waals surface area contributed by atoms with Gasteiger partial charge in [-0.25, -0.2) is 0 Å². The van der Waals surface area contributed by atoms with Crippen molar-refractivity contribution in [2.75, 3.05) is 0 Å². The zero-order chi connectivity index (χ0) is 6.97. The molecule has 1 fully saturated rings. The van der Waals surface area contributed by atoms with Gasteiger partial charge in [0.15, 0.2) is 6.29 Å². The highest BCUT2D eigenvalue weighted by Gasteiger charge is 2.26. The minimum Gasteiger partial charge on any atom is -0.298 e. The Balaban J connectivity index is 2.37. The molecule has 1 aliphatic carbocycles. The zero-order valence-electron chi connectivity index (χ0n) is 5.54. The average Bonchev–Trinajstić information content (AvgIpc) is 2.69. The molecule has 0 bridgehead atoms. The van der Waals surface area contributed by atoms with Crippen LogP contribution in [0.5, 0.6) is 0 Å². The fourth-order valence-corrected chi connectivity index (χ4v) is 2.15. The minimum atomic E-state index is 0.722. The van der Waals surface area contributed by atoms with Gasteiger partial charge in [0.05, 0.1) is 0 Å². The van der Waals surface area contributed by atoms with Crippen LogP contribution in [0.1, 0.15) is 34.0 Å². The van der Waals surface area contributed by atoms with Crippen molar-refractivity contribution in [1.29, 1.82) is 0 Å². The van der Waals surface area contributed by atoms with E-state index in [9.17, 15) is 4.79 Å². The maximum Gasteiger partial charge on any atom is 0.151 e. The summed E-state index contributed by atoms with van der Waals surface area (Å²) in [6, 6.07) is 1.91. The predicted octanol–water partition coefficient (Wildman–Crippen LogP) is 2.44. The summed E-state index contributed by atoms with van der Waals surface area (Å²) in [5, 5.41) is 2.00. The van der Waals surface area contributed by atoms with E-state index in [1.807, 2.05) is 11.4 Å². The fraction of sp³-hybridized carbons (Fsp3) is 0.375. The van der Waals surface area contributed by atoms with Gasteiger partial charge in [-0.05, 0) is 30.2 Å². The van der Waals surface area contributed by atoms with Crippen LogP contribution in [0, 0.1) is 0 Å². The Morgan fingerprint density at radius 2 is 2.40 bits per heavy atom. The van der Waals surface area contributed by atoms with Crippen LogP contribution < -0.4 is 0 Å². The van der Waals surface area contributed by atoms with Gasteiger partial charge < -0.3 is 0 Å². The Hall–Kier alpha value is -0.630. The van der Waals surface area contributed by atoms with Crippen LogP contribution >= 0.6 is 11.3 Å². The summed E-state index contributed by atoms with van der Waals surface area (Å²) in [5.74, 6) is 0.722. The Bertz CT molecular complexity index is 248. The molecule has 0 unspecified atom stereocenters. The first-order valence-electron chi connectivity index (χ1n) is 3.44. The van der Waals surface area contributed by atoms with E-state index in [0.717, 1.165) is 17.8 Å². The van der Waals surface area contributed by atoms with Gasteiger partial charge in [0.25, 0.3) is 0 Å². The number of hydrogen-bond donors (Lipinski definition) is 0. The first-order valence-corrected chi connectivity index (χ1v) is 4.32. The topological polar surface area (TPSA) is 17.1 Å². The zero-order valence-corrected chi connectivity index (χ0v) is 6.36. The van der Waals surface area contributed by atoms with Gasteiger partial charge in [0, 0.05) is 10.4 Å². The van der Waals surface area contributed by atoms with Gasteiger partial charge in [0.1, 0.15) is 0 Å². The minimum absolute atomic E-state index is 0.722. The molecule has 0 aromatic carbocycles. The molecule has 52 valence electrons. The Morgan fingerprint density at radius 1 is 1.60 bits per heavy atom. The Morgan fingerprint density at radius 3 is 3.00 bits per heavy atom. The van der Waals surface area contributed by atoms with Crippen molar-refractivity contribution in [3.8, 4) is 0 Å². The molecule has 2 rings (SSSR count). The van der Waals surface area contributed by atoms with E-state index in [2.05, 4.69) is 0 Å². The molecule has 2 heteroatoms. The standard InChI is InChI=1S/C8H8OS/c9-5-7-3-4-10-8(7)6-1-2-6/h3-6H,1-2H2. The number of rotatable bonds is 2. The monoisotopic (exact) mass is 152 g/mol. The Labute approximate surface area is 63.7 Å². The third-order valence-electron chi connectivity index (χ3n) is 1.80. The average molecular weight is 152 g/mol. The highest BCUT2D eigenvalue weighted by Crippen LogP contribution is 2.43. The van der Waals surface area contributed by atoms with E-state index >= 15 is 0 Å². The molecule has 0 saturated heterocycles. The van der Waals surface area contributed by atoms with Gasteiger partial charge in [-0.2, -0.15) is 0 Å². The molecule has 1 nitrogen and oxygen atoms in total. The number of thiophene rings is 1. The molecular weight excluding hydrogens is 144 g/mol. The van der Waals surface area contributed by atoms with E-state index < -0.39 is 0 Å². The van der Waals surface area contributed by atoms with Crippen molar-refractivity contribution in [2.24, 2.45) is 0 Å². The van der Waals surface area contributed by atoms with Crippen LogP contribution in [-0.2, 0) is 0 Å². The second-order valence-corrected chi connectivity index (χ2v) is 3.58. The van der Waals surface area contributed by atoms with Crippen LogP contribution in [0.25, 0.3) is 0 Å². The van der Waals surface area contributed by atoms with Crippen molar-refractivity contribution < 1.29 is 4.79 Å². The molecule has 10 heavy (non-hydrogen) atoms. The lowest BCUT2D eigenvalue weighted by Gasteiger charge is -1.89. The quantitative estimate of drug-likeness (QED) is 0.595. The van der Waals surface area contributed by atoms with Crippen LogP contribution in [0.4, 0.5) is 0 Å². The fourth-order valence-electron chi connectivity index (χ4n) is 1.11. The van der Waals surface area contributed by atoms with Crippen LogP contribution in [0.15, 0.2) is 11.4 Å². The first-order chi connectivity index (χ1) is 4.92. The summed E-state index contributed by atoms with van der Waals surface area (Å²) < 4.78 is 0. The lowest BCUT2D eigenvalue weighted by molar-refractivity contribution is 0.112. The molecule has 0 amide bonds. The third kappa shape index (κ3) is 0.886. The van der Waals surface area contributed by atoms with E-state index in [1.165, 1.54) is 17.7 Å². The predicted molar refractivity (Wildman–Crippen MR) is 41.7 cm³/mol. The number of carbonyl (C=O) groups excluding carboxylic acids is 1. The number of carbonyl (C=O) groups is 1. The molecule has 1 saturated carbocycles. The normalized spacial score (nSPS) is 17.2. The molecule has 0 N–H and O–H groups in total. The van der Waals surface area contributed by atoms with Crippen LogP contribution in [-0.4, -0.2) is 6.29 Å². The lowest BCUT2D eigenvalue weighted by Crippen LogP contribution is -1.79. The molecule has 1 aliphatic rings. The Kier molecular flexibility index (Phi) is 1.34. The molecular formula is C8H8OS. The third-order valence-corrected chi connectivity index (χ3v) is 2.90. The van der Waals surface area contributed by atoms with E-state index in [0.29, 0.717) is 0 Å². The summed E-state index contributed by atoms with van der Waals surface area (Å²) in [4.78, 5) is 11.7. The van der Waals surface area contributed by atoms with Crippen molar-refractivity contribution in [3.05, 3.63) is 21.9 Å². The number of hydrogen-bond acceptors (Lipinski definition) is 2. The molecule has 1 aromatic heterocycles. The summed E-state index contributed by atoms with van der Waals surface area (Å²) >= 11 is 1.71. The van der Waals surface area contributed by atoms with Crippen molar-refractivity contribution in [3.63, 3.8) is 0 Å². The second kappa shape index (κ2) is 2.20. The van der Waals surface area contributed by atoms with Crippen LogP contribution in [0.2, 0.25) is 0 Å². The lowest BCUT2D eigenvalue weighted by atomic mass is 10.2. The molecule has 1 heterocycles. The van der Waals surface area contributed by atoms with E-state index in [4.69, 9.17) is 0 Å². The van der Waals surface area contributed by atoms with Crippen molar-refractivity contribution in [1.82, 2.24) is 0 Å².